The Labute approximate surface area is 217 Å². The van der Waals surface area contributed by atoms with E-state index in [2.05, 4.69) is 27.4 Å². The molecule has 11 nitrogen and oxygen atoms in total. The van der Waals surface area contributed by atoms with Crippen molar-refractivity contribution in [1.82, 2.24) is 23.6 Å². The van der Waals surface area contributed by atoms with Crippen molar-refractivity contribution in [3.05, 3.63) is 74.6 Å². The second-order valence-corrected chi connectivity index (χ2v) is 11.6. The minimum Gasteiger partial charge on any atom is -0.491 e. The van der Waals surface area contributed by atoms with Crippen LogP contribution in [-0.4, -0.2) is 45.1 Å². The number of nitrogens with one attached hydrogen (secondary N) is 1. The summed E-state index contributed by atoms with van der Waals surface area (Å²) >= 11 is 0. The zero-order valence-corrected chi connectivity index (χ0v) is 21.9. The lowest BCUT2D eigenvalue weighted by Crippen LogP contribution is -2.37. The third-order valence-corrected chi connectivity index (χ3v) is 9.29. The molecule has 3 heterocycles. The predicted molar refractivity (Wildman–Crippen MR) is 141 cm³/mol. The Hall–Kier alpha value is -4.06. The molecule has 196 valence electrons. The maximum Gasteiger partial charge on any atom is 0.271 e. The highest BCUT2D eigenvalue weighted by atomic mass is 32.2. The van der Waals surface area contributed by atoms with Gasteiger partial charge in [0.15, 0.2) is 17.0 Å². The Morgan fingerprint density at radius 3 is 2.55 bits per heavy atom. The van der Waals surface area contributed by atoms with Gasteiger partial charge in [0.1, 0.15) is 11.5 Å². The number of benzene rings is 1. The van der Waals surface area contributed by atoms with E-state index in [-0.39, 0.29) is 39.9 Å². The van der Waals surface area contributed by atoms with E-state index in [1.807, 2.05) is 11.3 Å². The standard InChI is InChI=1S/C26H26N6O5S/c1-4-15-11-16(28-21-22(33)23(34)24(21)37-3)12-18(15)25-30-29-20-13-27-26-19(32(20)25)9-10-31(26)38(35,36)17-7-5-14(2)6-8-17/h5-10,13,15-16,18,28H,4,11-12H2,1-3H3/t15-,16?,18+/m1/s1. The molecule has 1 aliphatic rings. The summed E-state index contributed by atoms with van der Waals surface area (Å²) in [6, 6.07) is 8.35. The Morgan fingerprint density at radius 1 is 1.08 bits per heavy atom. The number of fused-ring (bicyclic) bond motifs is 3. The van der Waals surface area contributed by atoms with E-state index in [1.54, 1.807) is 30.3 Å². The number of anilines is 1. The molecule has 1 aliphatic carbocycles. The number of methoxy groups -OCH3 is 1. The molecule has 0 spiro atoms. The molecule has 12 heteroatoms. The molecule has 38 heavy (non-hydrogen) atoms. The SMILES string of the molecule is CC[C@@H]1CC(Nc2c(OC)c(=O)c2=O)C[C@@H]1c1nnc2cnc3c(ccn3S(=O)(=O)c3ccc(C)cc3)n12. The van der Waals surface area contributed by atoms with Crippen molar-refractivity contribution >= 4 is 32.5 Å². The zero-order chi connectivity index (χ0) is 26.8. The number of hydrogen-bond donors (Lipinski definition) is 1. The quantitative estimate of drug-likeness (QED) is 0.312. The molecule has 0 radical (unpaired) electrons. The van der Waals surface area contributed by atoms with Crippen LogP contribution < -0.4 is 20.9 Å². The van der Waals surface area contributed by atoms with Crippen LogP contribution in [0, 0.1) is 12.8 Å². The summed E-state index contributed by atoms with van der Waals surface area (Å²) in [5.74, 6) is 1.01. The van der Waals surface area contributed by atoms with Gasteiger partial charge in [0.05, 0.1) is 23.7 Å². The predicted octanol–water partition coefficient (Wildman–Crippen LogP) is 2.61. The highest BCUT2D eigenvalue weighted by molar-refractivity contribution is 7.90. The largest absolute Gasteiger partial charge is 0.491 e. The molecule has 0 saturated heterocycles. The van der Waals surface area contributed by atoms with Crippen LogP contribution in [0.25, 0.3) is 16.8 Å². The van der Waals surface area contributed by atoms with Crippen LogP contribution in [0.15, 0.2) is 57.2 Å². The Balaban J connectivity index is 1.39. The summed E-state index contributed by atoms with van der Waals surface area (Å²) in [6.45, 7) is 4.00. The van der Waals surface area contributed by atoms with E-state index in [0.717, 1.165) is 18.4 Å². The summed E-state index contributed by atoms with van der Waals surface area (Å²) in [6.07, 6.45) is 5.34. The molecule has 0 amide bonds. The summed E-state index contributed by atoms with van der Waals surface area (Å²) < 4.78 is 35.0. The first-order valence-corrected chi connectivity index (χ1v) is 13.9. The maximum absolute atomic E-state index is 13.4. The van der Waals surface area contributed by atoms with Crippen LogP contribution in [0.2, 0.25) is 0 Å². The number of rotatable bonds is 7. The van der Waals surface area contributed by atoms with E-state index >= 15 is 0 Å². The molecule has 5 aromatic rings. The van der Waals surface area contributed by atoms with Crippen molar-refractivity contribution < 1.29 is 13.2 Å². The molecule has 2 aromatic carbocycles. The van der Waals surface area contributed by atoms with Crippen molar-refractivity contribution in [1.29, 1.82) is 0 Å². The van der Waals surface area contributed by atoms with E-state index in [9.17, 15) is 18.0 Å². The topological polar surface area (TPSA) is 138 Å². The number of aromatic nitrogens is 5. The first-order chi connectivity index (χ1) is 18.2. The molecule has 3 atom stereocenters. The molecular formula is C26H26N6O5S. The minimum atomic E-state index is -3.86. The lowest BCUT2D eigenvalue weighted by atomic mass is 9.93. The Morgan fingerprint density at radius 2 is 1.84 bits per heavy atom. The van der Waals surface area contributed by atoms with Gasteiger partial charge in [-0.3, -0.25) is 14.0 Å². The Kier molecular flexibility index (Phi) is 5.60. The second kappa shape index (κ2) is 8.76. The van der Waals surface area contributed by atoms with Gasteiger partial charge in [-0.15, -0.1) is 10.2 Å². The molecule has 1 fully saturated rings. The van der Waals surface area contributed by atoms with Gasteiger partial charge < -0.3 is 10.1 Å². The van der Waals surface area contributed by atoms with Crippen LogP contribution >= 0.6 is 0 Å². The average molecular weight is 535 g/mol. The van der Waals surface area contributed by atoms with Crippen LogP contribution in [-0.2, 0) is 10.0 Å². The highest BCUT2D eigenvalue weighted by Gasteiger charge is 2.39. The van der Waals surface area contributed by atoms with Gasteiger partial charge in [-0.25, -0.2) is 17.4 Å². The van der Waals surface area contributed by atoms with Crippen LogP contribution in [0.3, 0.4) is 0 Å². The van der Waals surface area contributed by atoms with Crippen molar-refractivity contribution in [2.24, 2.45) is 5.92 Å². The number of nitrogens with zero attached hydrogens (tertiary/aromatic N) is 5. The number of ether oxygens (including phenoxy) is 1. The first-order valence-electron chi connectivity index (χ1n) is 12.4. The third-order valence-electron chi connectivity index (χ3n) is 7.61. The lowest BCUT2D eigenvalue weighted by molar-refractivity contribution is 0.406. The fraction of sp³-hybridized carbons (Fsp3) is 0.346. The normalized spacial score (nSPS) is 20.0. The fourth-order valence-corrected chi connectivity index (χ4v) is 6.92. The van der Waals surface area contributed by atoms with Gasteiger partial charge in [0.2, 0.25) is 0 Å². The zero-order valence-electron chi connectivity index (χ0n) is 21.1. The monoisotopic (exact) mass is 534 g/mol. The van der Waals surface area contributed by atoms with E-state index in [4.69, 9.17) is 4.74 Å². The average Bonchev–Trinajstić information content (AvgIpc) is 3.64. The van der Waals surface area contributed by atoms with Crippen molar-refractivity contribution in [3.63, 3.8) is 0 Å². The molecule has 1 saturated carbocycles. The smallest absolute Gasteiger partial charge is 0.271 e. The number of aryl methyl sites for hydroxylation is 1. The van der Waals surface area contributed by atoms with Crippen LogP contribution in [0.5, 0.6) is 5.75 Å². The fourth-order valence-electron chi connectivity index (χ4n) is 5.62. The Bertz CT molecular complexity index is 1860. The molecule has 0 bridgehead atoms. The van der Waals surface area contributed by atoms with Gasteiger partial charge in [-0.05, 0) is 43.9 Å². The highest BCUT2D eigenvalue weighted by Crippen LogP contribution is 2.43. The van der Waals surface area contributed by atoms with Crippen LogP contribution in [0.1, 0.15) is 43.5 Å². The van der Waals surface area contributed by atoms with Gasteiger partial charge in [0, 0.05) is 18.2 Å². The summed E-state index contributed by atoms with van der Waals surface area (Å²) in [4.78, 5) is 28.4. The second-order valence-electron chi connectivity index (χ2n) is 9.80. The van der Waals surface area contributed by atoms with E-state index < -0.39 is 20.9 Å². The van der Waals surface area contributed by atoms with Gasteiger partial charge >= 0.3 is 0 Å². The summed E-state index contributed by atoms with van der Waals surface area (Å²) in [7, 11) is -2.49. The van der Waals surface area contributed by atoms with Gasteiger partial charge in [-0.2, -0.15) is 0 Å². The van der Waals surface area contributed by atoms with Gasteiger partial charge in [0.25, 0.3) is 20.9 Å². The van der Waals surface area contributed by atoms with Crippen molar-refractivity contribution in [2.75, 3.05) is 12.4 Å². The van der Waals surface area contributed by atoms with Gasteiger partial charge in [-0.1, -0.05) is 31.0 Å². The number of hydrogen-bond acceptors (Lipinski definition) is 9. The minimum absolute atomic E-state index is 0.00682. The molecule has 6 rings (SSSR count). The molecule has 0 aliphatic heterocycles. The molecular weight excluding hydrogens is 508 g/mol. The van der Waals surface area contributed by atoms with E-state index in [0.29, 0.717) is 23.4 Å². The summed E-state index contributed by atoms with van der Waals surface area (Å²) in [5, 5.41) is 12.0. The first kappa shape index (κ1) is 24.3. The van der Waals surface area contributed by atoms with E-state index in [1.165, 1.54) is 23.5 Å². The molecule has 1 N–H and O–H groups in total. The van der Waals surface area contributed by atoms with Crippen LogP contribution in [0.4, 0.5) is 5.69 Å². The third kappa shape index (κ3) is 3.54. The van der Waals surface area contributed by atoms with Crippen molar-refractivity contribution in [3.8, 4) is 5.75 Å². The maximum atomic E-state index is 13.4. The summed E-state index contributed by atoms with van der Waals surface area (Å²) in [5.41, 5.74) is 1.42. The van der Waals surface area contributed by atoms with Crippen molar-refractivity contribution in [2.45, 2.75) is 50.0 Å². The molecule has 1 unspecified atom stereocenters. The lowest BCUT2D eigenvalue weighted by Gasteiger charge is -2.17. The molecule has 3 aromatic heterocycles.